The first-order chi connectivity index (χ1) is 8.08. The lowest BCUT2D eigenvalue weighted by atomic mass is 10.4. The molecule has 0 saturated heterocycles. The number of nitrogens with one attached hydrogen (secondary N) is 1. The van der Waals surface area contributed by atoms with E-state index in [-0.39, 0.29) is 18.0 Å². The predicted octanol–water partition coefficient (Wildman–Crippen LogP) is 0.840. The lowest BCUT2D eigenvalue weighted by Crippen LogP contribution is -2.33. The molecule has 1 saturated carbocycles. The van der Waals surface area contributed by atoms with Crippen molar-refractivity contribution in [1.82, 2.24) is 14.9 Å². The average Bonchev–Trinajstić information content (AvgIpc) is 3.11. The molecule has 5 nitrogen and oxygen atoms in total. The molecule has 1 N–H and O–H groups in total. The van der Waals surface area contributed by atoms with Crippen LogP contribution in [-0.4, -0.2) is 22.0 Å². The van der Waals surface area contributed by atoms with Crippen molar-refractivity contribution in [2.45, 2.75) is 26.3 Å². The molecular formula is C11H14BrN3O2. The molecule has 1 aromatic rings. The Morgan fingerprint density at radius 2 is 2.35 bits per heavy atom. The van der Waals surface area contributed by atoms with Crippen LogP contribution in [0, 0.1) is 12.8 Å². The summed E-state index contributed by atoms with van der Waals surface area (Å²) in [5, 5.41) is 2.81. The summed E-state index contributed by atoms with van der Waals surface area (Å²) >= 11 is 3.16. The third-order valence-corrected chi connectivity index (χ3v) is 3.67. The van der Waals surface area contributed by atoms with E-state index in [2.05, 4.69) is 26.2 Å². The summed E-state index contributed by atoms with van der Waals surface area (Å²) in [4.78, 5) is 27.4. The maximum absolute atomic E-state index is 11.8. The minimum absolute atomic E-state index is 0.0252. The average molecular weight is 300 g/mol. The van der Waals surface area contributed by atoms with Crippen LogP contribution in [0.3, 0.4) is 0 Å². The normalized spacial score (nSPS) is 14.7. The van der Waals surface area contributed by atoms with Gasteiger partial charge in [-0.05, 0) is 41.6 Å². The molecule has 1 amide bonds. The molecule has 1 heterocycles. The van der Waals surface area contributed by atoms with Gasteiger partial charge in [-0.3, -0.25) is 14.2 Å². The number of aryl methyl sites for hydroxylation is 1. The van der Waals surface area contributed by atoms with Gasteiger partial charge in [-0.25, -0.2) is 4.98 Å². The second kappa shape index (κ2) is 5.00. The molecule has 92 valence electrons. The number of aromatic nitrogens is 2. The highest BCUT2D eigenvalue weighted by Gasteiger charge is 2.21. The van der Waals surface area contributed by atoms with E-state index in [1.807, 2.05) is 0 Å². The quantitative estimate of drug-likeness (QED) is 0.896. The maximum atomic E-state index is 11.8. The summed E-state index contributed by atoms with van der Waals surface area (Å²) in [6, 6.07) is 0. The fourth-order valence-corrected chi connectivity index (χ4v) is 1.78. The maximum Gasteiger partial charge on any atom is 0.268 e. The summed E-state index contributed by atoms with van der Waals surface area (Å²) in [5.41, 5.74) is 0.406. The lowest BCUT2D eigenvalue weighted by Gasteiger charge is -2.07. The van der Waals surface area contributed by atoms with Crippen LogP contribution in [-0.2, 0) is 11.3 Å². The summed E-state index contributed by atoms with van der Waals surface area (Å²) in [7, 11) is 0. The highest BCUT2D eigenvalue weighted by atomic mass is 79.9. The summed E-state index contributed by atoms with van der Waals surface area (Å²) < 4.78 is 1.72. The van der Waals surface area contributed by atoms with E-state index in [4.69, 9.17) is 0 Å². The van der Waals surface area contributed by atoms with Gasteiger partial charge in [-0.1, -0.05) is 0 Å². The van der Waals surface area contributed by atoms with E-state index < -0.39 is 0 Å². The van der Waals surface area contributed by atoms with Gasteiger partial charge in [0, 0.05) is 6.54 Å². The van der Waals surface area contributed by atoms with Crippen LogP contribution in [0.5, 0.6) is 0 Å². The summed E-state index contributed by atoms with van der Waals surface area (Å²) in [6.45, 7) is 2.48. The van der Waals surface area contributed by atoms with Crippen LogP contribution in [0.2, 0.25) is 0 Å². The van der Waals surface area contributed by atoms with Gasteiger partial charge < -0.3 is 5.32 Å². The smallest absolute Gasteiger partial charge is 0.268 e. The van der Waals surface area contributed by atoms with Gasteiger partial charge in [0.1, 0.15) is 11.0 Å². The van der Waals surface area contributed by atoms with Gasteiger partial charge in [0.25, 0.3) is 5.56 Å². The Bertz CT molecular complexity index is 494. The fraction of sp³-hybridized carbons (Fsp3) is 0.545. The first kappa shape index (κ1) is 12.3. The van der Waals surface area contributed by atoms with Gasteiger partial charge in [-0.15, -0.1) is 0 Å². The number of hydrogen-bond donors (Lipinski definition) is 1. The third-order valence-electron chi connectivity index (χ3n) is 2.76. The van der Waals surface area contributed by atoms with Crippen molar-refractivity contribution >= 4 is 21.8 Å². The highest BCUT2D eigenvalue weighted by molar-refractivity contribution is 9.10. The molecule has 0 atom stereocenters. The largest absolute Gasteiger partial charge is 0.354 e. The number of rotatable bonds is 4. The Morgan fingerprint density at radius 1 is 1.65 bits per heavy atom. The second-order valence-electron chi connectivity index (χ2n) is 4.32. The van der Waals surface area contributed by atoms with E-state index in [0.29, 0.717) is 22.6 Å². The molecule has 0 spiro atoms. The number of nitrogens with zero attached hydrogens (tertiary/aromatic N) is 2. The van der Waals surface area contributed by atoms with Gasteiger partial charge in [0.15, 0.2) is 0 Å². The van der Waals surface area contributed by atoms with Crippen LogP contribution in [0.1, 0.15) is 18.5 Å². The minimum atomic E-state index is -0.223. The Morgan fingerprint density at radius 3 is 3.00 bits per heavy atom. The minimum Gasteiger partial charge on any atom is -0.354 e. The van der Waals surface area contributed by atoms with Crippen molar-refractivity contribution in [1.29, 1.82) is 0 Å². The molecule has 1 aliphatic rings. The zero-order chi connectivity index (χ0) is 12.4. The molecule has 6 heteroatoms. The van der Waals surface area contributed by atoms with Crippen LogP contribution < -0.4 is 10.9 Å². The molecule has 1 fully saturated rings. The topological polar surface area (TPSA) is 64.0 Å². The third kappa shape index (κ3) is 3.15. The molecule has 0 bridgehead atoms. The van der Waals surface area contributed by atoms with E-state index in [1.54, 1.807) is 6.92 Å². The molecule has 1 aliphatic carbocycles. The van der Waals surface area contributed by atoms with Gasteiger partial charge in [0.2, 0.25) is 5.91 Å². The van der Waals surface area contributed by atoms with Crippen LogP contribution in [0.25, 0.3) is 0 Å². The second-order valence-corrected chi connectivity index (χ2v) is 5.12. The van der Waals surface area contributed by atoms with E-state index in [9.17, 15) is 9.59 Å². The Balaban J connectivity index is 2.00. The Labute approximate surface area is 107 Å². The molecule has 0 unspecified atom stereocenters. The van der Waals surface area contributed by atoms with Gasteiger partial charge >= 0.3 is 0 Å². The van der Waals surface area contributed by atoms with Crippen LogP contribution >= 0.6 is 15.9 Å². The van der Waals surface area contributed by atoms with Crippen LogP contribution in [0.15, 0.2) is 15.6 Å². The van der Waals surface area contributed by atoms with Crippen molar-refractivity contribution in [2.24, 2.45) is 5.92 Å². The monoisotopic (exact) mass is 299 g/mol. The first-order valence-electron chi connectivity index (χ1n) is 5.56. The number of amides is 1. The van der Waals surface area contributed by atoms with Crippen LogP contribution in [0.4, 0.5) is 0 Å². The predicted molar refractivity (Wildman–Crippen MR) is 66.7 cm³/mol. The Hall–Kier alpha value is -1.17. The van der Waals surface area contributed by atoms with Gasteiger partial charge in [0.05, 0.1) is 12.0 Å². The molecule has 0 aromatic carbocycles. The SMILES string of the molecule is Cc1ncn(CC(=O)NCC2CC2)c(=O)c1Br. The van der Waals surface area contributed by atoms with Gasteiger partial charge in [-0.2, -0.15) is 0 Å². The number of hydrogen-bond acceptors (Lipinski definition) is 3. The van der Waals surface area contributed by atoms with E-state index in [1.165, 1.54) is 23.7 Å². The molecule has 1 aromatic heterocycles. The molecule has 17 heavy (non-hydrogen) atoms. The number of halogens is 1. The van der Waals surface area contributed by atoms with Crippen molar-refractivity contribution in [3.05, 3.63) is 26.8 Å². The van der Waals surface area contributed by atoms with E-state index in [0.717, 1.165) is 0 Å². The van der Waals surface area contributed by atoms with Crippen molar-refractivity contribution in [3.63, 3.8) is 0 Å². The fourth-order valence-electron chi connectivity index (χ4n) is 1.45. The zero-order valence-electron chi connectivity index (χ0n) is 9.57. The highest BCUT2D eigenvalue weighted by Crippen LogP contribution is 2.27. The lowest BCUT2D eigenvalue weighted by molar-refractivity contribution is -0.121. The number of carbonyl (C=O) groups is 1. The molecule has 2 rings (SSSR count). The van der Waals surface area contributed by atoms with Crippen molar-refractivity contribution in [2.75, 3.05) is 6.54 Å². The van der Waals surface area contributed by atoms with Crippen molar-refractivity contribution in [3.8, 4) is 0 Å². The molecule has 0 aliphatic heterocycles. The van der Waals surface area contributed by atoms with E-state index >= 15 is 0 Å². The standard InChI is InChI=1S/C11H14BrN3O2/c1-7-10(12)11(17)15(6-14-7)5-9(16)13-4-8-2-3-8/h6,8H,2-5H2,1H3,(H,13,16). The first-order valence-corrected chi connectivity index (χ1v) is 6.35. The zero-order valence-corrected chi connectivity index (χ0v) is 11.2. The molecule has 0 radical (unpaired) electrons. The summed E-state index contributed by atoms with van der Waals surface area (Å²) in [6.07, 6.45) is 3.79. The molecular weight excluding hydrogens is 286 g/mol. The Kier molecular flexibility index (Phi) is 3.61. The van der Waals surface area contributed by atoms with Crippen molar-refractivity contribution < 1.29 is 4.79 Å². The number of carbonyl (C=O) groups excluding carboxylic acids is 1. The summed E-state index contributed by atoms with van der Waals surface area (Å²) in [5.74, 6) is 0.495.